The number of carbonyl (C=O) groups excluding carboxylic acids is 1. The van der Waals surface area contributed by atoms with E-state index in [-0.39, 0.29) is 17.5 Å². The molecule has 5 heteroatoms. The molecule has 2 nitrogen and oxygen atoms in total. The first kappa shape index (κ1) is 16.5. The van der Waals surface area contributed by atoms with Crippen LogP contribution in [0.4, 0.5) is 18.9 Å². The van der Waals surface area contributed by atoms with Crippen LogP contribution in [0.25, 0.3) is 0 Å². The molecule has 0 bridgehead atoms. The molecule has 20 heavy (non-hydrogen) atoms. The molecular formula is C15H20F3NO. The number of nitrogens with one attached hydrogen (secondary N) is 1. The topological polar surface area (TPSA) is 29.1 Å². The normalized spacial score (nSPS) is 13.1. The second-order valence-corrected chi connectivity index (χ2v) is 4.82. The molecule has 1 atom stereocenters. The first-order valence-electron chi connectivity index (χ1n) is 6.86. The van der Waals surface area contributed by atoms with Crippen LogP contribution in [-0.4, -0.2) is 5.91 Å². The largest absolute Gasteiger partial charge is 0.416 e. The monoisotopic (exact) mass is 287 g/mol. The van der Waals surface area contributed by atoms with Gasteiger partial charge in [0, 0.05) is 11.6 Å². The van der Waals surface area contributed by atoms with E-state index in [9.17, 15) is 18.0 Å². The van der Waals surface area contributed by atoms with Crippen LogP contribution >= 0.6 is 0 Å². The molecule has 0 aromatic heterocycles. The molecule has 0 radical (unpaired) electrons. The van der Waals surface area contributed by atoms with Gasteiger partial charge in [-0.05, 0) is 31.0 Å². The summed E-state index contributed by atoms with van der Waals surface area (Å²) in [6.45, 7) is 3.95. The summed E-state index contributed by atoms with van der Waals surface area (Å²) in [4.78, 5) is 12.0. The minimum absolute atomic E-state index is 0.149. The van der Waals surface area contributed by atoms with E-state index in [1.165, 1.54) is 12.1 Å². The molecule has 0 saturated heterocycles. The van der Waals surface area contributed by atoms with E-state index in [4.69, 9.17) is 0 Å². The third-order valence-corrected chi connectivity index (χ3v) is 3.23. The Bertz CT molecular complexity index is 443. The summed E-state index contributed by atoms with van der Waals surface area (Å²) in [6, 6.07) is 4.72. The molecule has 112 valence electrons. The van der Waals surface area contributed by atoms with Crippen LogP contribution < -0.4 is 5.32 Å². The Hall–Kier alpha value is -1.52. The van der Waals surface area contributed by atoms with Gasteiger partial charge in [-0.25, -0.2) is 0 Å². The summed E-state index contributed by atoms with van der Waals surface area (Å²) in [5.74, 6) is -0.357. The second-order valence-electron chi connectivity index (χ2n) is 4.82. The predicted octanol–water partition coefficient (Wildman–Crippen LogP) is 4.86. The van der Waals surface area contributed by atoms with Crippen molar-refractivity contribution in [3.63, 3.8) is 0 Å². The fourth-order valence-corrected chi connectivity index (χ4v) is 1.99. The van der Waals surface area contributed by atoms with Gasteiger partial charge in [0.1, 0.15) is 0 Å². The Morgan fingerprint density at radius 1 is 1.30 bits per heavy atom. The van der Waals surface area contributed by atoms with Gasteiger partial charge in [-0.1, -0.05) is 32.8 Å². The molecular weight excluding hydrogens is 267 g/mol. The molecule has 1 amide bonds. The molecule has 0 aliphatic heterocycles. The lowest BCUT2D eigenvalue weighted by Crippen LogP contribution is -2.22. The van der Waals surface area contributed by atoms with Crippen LogP contribution in [0.1, 0.15) is 45.1 Å². The van der Waals surface area contributed by atoms with Gasteiger partial charge in [0.15, 0.2) is 0 Å². The van der Waals surface area contributed by atoms with Crippen LogP contribution in [0.5, 0.6) is 0 Å². The van der Waals surface area contributed by atoms with E-state index in [1.54, 1.807) is 0 Å². The third kappa shape index (κ3) is 4.87. The Morgan fingerprint density at radius 2 is 2.00 bits per heavy atom. The van der Waals surface area contributed by atoms with Crippen LogP contribution in [0.2, 0.25) is 0 Å². The summed E-state index contributed by atoms with van der Waals surface area (Å²) in [5, 5.41) is 2.58. The zero-order chi connectivity index (χ0) is 15.2. The molecule has 0 spiro atoms. The SMILES string of the molecule is CCCC[C@@H](CC)C(=O)Nc1cccc(C(F)(F)F)c1. The van der Waals surface area contributed by atoms with Gasteiger partial charge in [0.25, 0.3) is 0 Å². The number of hydrogen-bond acceptors (Lipinski definition) is 1. The number of carbonyl (C=O) groups is 1. The van der Waals surface area contributed by atoms with Gasteiger partial charge in [-0.3, -0.25) is 4.79 Å². The van der Waals surface area contributed by atoms with E-state index >= 15 is 0 Å². The molecule has 1 aromatic carbocycles. The fraction of sp³-hybridized carbons (Fsp3) is 0.533. The number of anilines is 1. The number of unbranched alkanes of at least 4 members (excludes halogenated alkanes) is 1. The van der Waals surface area contributed by atoms with E-state index in [1.807, 2.05) is 13.8 Å². The van der Waals surface area contributed by atoms with Crippen LogP contribution in [0, 0.1) is 5.92 Å². The standard InChI is InChI=1S/C15H20F3NO/c1-3-5-7-11(4-2)14(20)19-13-9-6-8-12(10-13)15(16,17)18/h6,8-11H,3-5,7H2,1-2H3,(H,19,20)/t11-/m1/s1. The smallest absolute Gasteiger partial charge is 0.326 e. The highest BCUT2D eigenvalue weighted by Crippen LogP contribution is 2.30. The van der Waals surface area contributed by atoms with Crippen LogP contribution in [0.3, 0.4) is 0 Å². The summed E-state index contributed by atoms with van der Waals surface area (Å²) < 4.78 is 37.8. The predicted molar refractivity (Wildman–Crippen MR) is 73.4 cm³/mol. The van der Waals surface area contributed by atoms with Gasteiger partial charge in [-0.2, -0.15) is 13.2 Å². The van der Waals surface area contributed by atoms with E-state index < -0.39 is 11.7 Å². The molecule has 0 fully saturated rings. The van der Waals surface area contributed by atoms with Crippen LogP contribution in [0.15, 0.2) is 24.3 Å². The van der Waals surface area contributed by atoms with Gasteiger partial charge in [0.2, 0.25) is 5.91 Å². The van der Waals surface area contributed by atoms with Crippen molar-refractivity contribution in [1.29, 1.82) is 0 Å². The Labute approximate surface area is 117 Å². The first-order chi connectivity index (χ1) is 9.38. The molecule has 0 aliphatic carbocycles. The van der Waals surface area contributed by atoms with Crippen LogP contribution in [-0.2, 0) is 11.0 Å². The quantitative estimate of drug-likeness (QED) is 0.795. The van der Waals surface area contributed by atoms with Crippen molar-refractivity contribution in [2.75, 3.05) is 5.32 Å². The first-order valence-corrected chi connectivity index (χ1v) is 6.86. The summed E-state index contributed by atoms with van der Waals surface area (Å²) in [7, 11) is 0. The number of hydrogen-bond donors (Lipinski definition) is 1. The molecule has 1 N–H and O–H groups in total. The minimum Gasteiger partial charge on any atom is -0.326 e. The van der Waals surface area contributed by atoms with Crippen molar-refractivity contribution in [1.82, 2.24) is 0 Å². The lowest BCUT2D eigenvalue weighted by atomic mass is 9.98. The maximum Gasteiger partial charge on any atom is 0.416 e. The van der Waals surface area contributed by atoms with E-state index in [2.05, 4.69) is 5.32 Å². The summed E-state index contributed by atoms with van der Waals surface area (Å²) in [6.07, 6.45) is -1.02. The second kappa shape index (κ2) is 7.31. The van der Waals surface area contributed by atoms with Gasteiger partial charge >= 0.3 is 6.18 Å². The number of alkyl halides is 3. The zero-order valence-electron chi connectivity index (χ0n) is 11.8. The molecule has 0 unspecified atom stereocenters. The average Bonchev–Trinajstić information content (AvgIpc) is 2.39. The highest BCUT2D eigenvalue weighted by molar-refractivity contribution is 5.92. The summed E-state index contributed by atoms with van der Waals surface area (Å²) in [5.41, 5.74) is -0.559. The Balaban J connectivity index is 2.74. The third-order valence-electron chi connectivity index (χ3n) is 3.23. The lowest BCUT2D eigenvalue weighted by molar-refractivity contribution is -0.137. The summed E-state index contributed by atoms with van der Waals surface area (Å²) >= 11 is 0. The number of rotatable bonds is 6. The molecule has 0 heterocycles. The number of amides is 1. The molecule has 1 aromatic rings. The van der Waals surface area contributed by atoms with E-state index in [0.717, 1.165) is 31.4 Å². The van der Waals surface area contributed by atoms with Crippen molar-refractivity contribution in [3.8, 4) is 0 Å². The Kier molecular flexibility index (Phi) is 6.05. The van der Waals surface area contributed by atoms with Crippen molar-refractivity contribution in [2.24, 2.45) is 5.92 Å². The maximum atomic E-state index is 12.6. The van der Waals surface area contributed by atoms with E-state index in [0.29, 0.717) is 6.42 Å². The van der Waals surface area contributed by atoms with Crippen molar-refractivity contribution in [2.45, 2.75) is 45.7 Å². The van der Waals surface area contributed by atoms with Gasteiger partial charge < -0.3 is 5.32 Å². The molecule has 0 saturated carbocycles. The molecule has 0 aliphatic rings. The van der Waals surface area contributed by atoms with Crippen molar-refractivity contribution >= 4 is 11.6 Å². The fourth-order valence-electron chi connectivity index (χ4n) is 1.99. The van der Waals surface area contributed by atoms with Crippen molar-refractivity contribution in [3.05, 3.63) is 29.8 Å². The zero-order valence-corrected chi connectivity index (χ0v) is 11.8. The molecule has 1 rings (SSSR count). The lowest BCUT2D eigenvalue weighted by Gasteiger charge is -2.15. The average molecular weight is 287 g/mol. The maximum absolute atomic E-state index is 12.6. The Morgan fingerprint density at radius 3 is 2.55 bits per heavy atom. The highest BCUT2D eigenvalue weighted by Gasteiger charge is 2.30. The number of halogens is 3. The van der Waals surface area contributed by atoms with Crippen molar-refractivity contribution < 1.29 is 18.0 Å². The minimum atomic E-state index is -4.40. The van der Waals surface area contributed by atoms with Gasteiger partial charge in [0.05, 0.1) is 5.56 Å². The highest BCUT2D eigenvalue weighted by atomic mass is 19.4. The van der Waals surface area contributed by atoms with Gasteiger partial charge in [-0.15, -0.1) is 0 Å². The number of benzene rings is 1.